The number of carbonyl (C=O) groups excluding carboxylic acids is 2. The van der Waals surface area contributed by atoms with Crippen LogP contribution in [0.3, 0.4) is 0 Å². The molecule has 0 aliphatic carbocycles. The Kier molecular flexibility index (Phi) is 9.34. The second-order valence-corrected chi connectivity index (χ2v) is 12.9. The van der Waals surface area contributed by atoms with Gasteiger partial charge in [-0.3, -0.25) is 14.4 Å². The number of amides is 1. The van der Waals surface area contributed by atoms with Crippen molar-refractivity contribution in [2.75, 3.05) is 23.8 Å². The number of nitrogens with zero attached hydrogens (tertiary/aromatic N) is 2. The maximum atomic E-state index is 13.1. The number of H-pyrrole nitrogens is 1. The fourth-order valence-corrected chi connectivity index (χ4v) is 6.38. The fourth-order valence-electron chi connectivity index (χ4n) is 4.77. The normalized spacial score (nSPS) is 16.2. The van der Waals surface area contributed by atoms with Gasteiger partial charge >= 0.3 is 17.8 Å². The van der Waals surface area contributed by atoms with Crippen molar-refractivity contribution in [3.8, 4) is 17.1 Å². The summed E-state index contributed by atoms with van der Waals surface area (Å²) < 4.78 is 47.5. The monoisotopic (exact) mass is 636 g/mol. The average molecular weight is 637 g/mol. The zero-order valence-electron chi connectivity index (χ0n) is 24.4. The zero-order valence-corrected chi connectivity index (χ0v) is 25.2. The Bertz CT molecular complexity index is 1790. The number of carbonyl (C=O) groups is 2. The summed E-state index contributed by atoms with van der Waals surface area (Å²) in [4.78, 5) is 38.5. The summed E-state index contributed by atoms with van der Waals surface area (Å²) in [5, 5.41) is 3.64. The van der Waals surface area contributed by atoms with Gasteiger partial charge in [0.1, 0.15) is 19.0 Å². The molecule has 0 spiro atoms. The minimum atomic E-state index is -4.06. The van der Waals surface area contributed by atoms with Crippen molar-refractivity contribution in [2.45, 2.75) is 37.3 Å². The Morgan fingerprint density at radius 2 is 1.76 bits per heavy atom. The molecule has 0 radical (unpaired) electrons. The van der Waals surface area contributed by atoms with Crippen LogP contribution in [0.4, 0.5) is 10.5 Å². The molecule has 1 fully saturated rings. The summed E-state index contributed by atoms with van der Waals surface area (Å²) in [5.74, 6) is -1.23. The number of nitrogens with two attached hydrogens (primary N) is 1. The lowest BCUT2D eigenvalue weighted by atomic mass is 10.1. The van der Waals surface area contributed by atoms with Crippen molar-refractivity contribution in [1.82, 2.24) is 10.1 Å². The molecule has 4 aromatic rings. The number of hydrogen-bond donors (Lipinski definition) is 2. The number of sulfone groups is 1. The molecule has 1 amide bonds. The second-order valence-electron chi connectivity index (χ2n) is 10.5. The summed E-state index contributed by atoms with van der Waals surface area (Å²) in [6.45, 7) is 1.90. The number of aromatic amines is 1. The van der Waals surface area contributed by atoms with Crippen molar-refractivity contribution in [2.24, 2.45) is 5.73 Å². The first-order chi connectivity index (χ1) is 21.6. The lowest BCUT2D eigenvalue weighted by Crippen LogP contribution is -2.58. The third kappa shape index (κ3) is 7.24. The van der Waals surface area contributed by atoms with Crippen LogP contribution >= 0.6 is 0 Å². The molecule has 0 bridgehead atoms. The first-order valence-electron chi connectivity index (χ1n) is 14.2. The smallest absolute Gasteiger partial charge is 0.439 e. The summed E-state index contributed by atoms with van der Waals surface area (Å²) in [6.07, 6.45) is -1.09. The van der Waals surface area contributed by atoms with Crippen molar-refractivity contribution in [3.63, 3.8) is 0 Å². The number of hydrogen-bond acceptors (Lipinski definition) is 11. The van der Waals surface area contributed by atoms with Crippen LogP contribution in [0, 0.1) is 0 Å². The molecule has 5 rings (SSSR count). The first-order valence-corrected chi connectivity index (χ1v) is 15.8. The van der Waals surface area contributed by atoms with E-state index in [4.69, 9.17) is 19.9 Å². The molecule has 1 aromatic heterocycles. The van der Waals surface area contributed by atoms with Gasteiger partial charge in [0.05, 0.1) is 12.3 Å². The third-order valence-corrected chi connectivity index (χ3v) is 9.55. The van der Waals surface area contributed by atoms with Crippen molar-refractivity contribution in [3.05, 3.63) is 101 Å². The van der Waals surface area contributed by atoms with Crippen LogP contribution in [0.5, 0.6) is 5.75 Å². The third-order valence-electron chi connectivity index (χ3n) is 7.18. The van der Waals surface area contributed by atoms with Crippen LogP contribution in [0.2, 0.25) is 0 Å². The van der Waals surface area contributed by atoms with E-state index in [-0.39, 0.29) is 37.8 Å². The van der Waals surface area contributed by atoms with Gasteiger partial charge in [-0.05, 0) is 53.9 Å². The molecule has 2 heterocycles. The molecule has 1 saturated heterocycles. The highest BCUT2D eigenvalue weighted by atomic mass is 32.2. The molecule has 2 unspecified atom stereocenters. The number of ether oxygens (including phenoxy) is 3. The Labute approximate surface area is 258 Å². The van der Waals surface area contributed by atoms with E-state index >= 15 is 0 Å². The number of aromatic nitrogens is 2. The quantitative estimate of drug-likeness (QED) is 0.205. The topological polar surface area (TPSA) is 184 Å². The standard InChI is InChI=1S/C31H32N4O9S/c1-2-16-45(39,40)31(32,28(36)42-19-22-6-4-3-5-7-22)17-21-8-14-25(15-9-21)41-20-26-18-35(30(38)43-26)24-12-10-23(11-13-24)27-33-29(37)44-34-27/h3-15,26H,2,16-20,32H2,1H3,(H,33,34,37). The van der Waals surface area contributed by atoms with Gasteiger partial charge in [-0.1, -0.05) is 54.5 Å². The number of nitrogens with one attached hydrogen (secondary N) is 1. The summed E-state index contributed by atoms with van der Waals surface area (Å²) >= 11 is 0. The van der Waals surface area contributed by atoms with Gasteiger partial charge in [-0.15, -0.1) is 0 Å². The van der Waals surface area contributed by atoms with Gasteiger partial charge in [0.2, 0.25) is 4.87 Å². The van der Waals surface area contributed by atoms with E-state index in [1.807, 2.05) is 6.07 Å². The largest absolute Gasteiger partial charge is 0.490 e. The molecular weight excluding hydrogens is 604 g/mol. The predicted octanol–water partition coefficient (Wildman–Crippen LogP) is 3.20. The van der Waals surface area contributed by atoms with E-state index in [0.717, 1.165) is 0 Å². The molecule has 2 atom stereocenters. The second kappa shape index (κ2) is 13.4. The van der Waals surface area contributed by atoms with E-state index in [9.17, 15) is 22.8 Å². The predicted molar refractivity (Wildman–Crippen MR) is 163 cm³/mol. The Morgan fingerprint density at radius 3 is 2.40 bits per heavy atom. The average Bonchev–Trinajstić information content (AvgIpc) is 3.64. The molecule has 1 aliphatic heterocycles. The zero-order chi connectivity index (χ0) is 32.0. The Hall–Kier alpha value is -4.95. The van der Waals surface area contributed by atoms with Crippen LogP contribution in [0.15, 0.2) is 88.2 Å². The summed E-state index contributed by atoms with van der Waals surface area (Å²) in [7, 11) is -4.06. The van der Waals surface area contributed by atoms with Crippen molar-refractivity contribution >= 4 is 27.6 Å². The van der Waals surface area contributed by atoms with Crippen LogP contribution in [0.1, 0.15) is 24.5 Å². The van der Waals surface area contributed by atoms with E-state index in [1.165, 1.54) is 4.90 Å². The number of cyclic esters (lactones) is 1. The molecule has 236 valence electrons. The number of benzene rings is 3. The maximum absolute atomic E-state index is 13.1. The van der Waals surface area contributed by atoms with Crippen LogP contribution in [-0.2, 0) is 37.1 Å². The van der Waals surface area contributed by atoms with Crippen LogP contribution in [-0.4, -0.2) is 60.5 Å². The fraction of sp³-hybridized carbons (Fsp3) is 0.290. The van der Waals surface area contributed by atoms with Gasteiger partial charge in [0, 0.05) is 17.7 Å². The Balaban J connectivity index is 1.19. The van der Waals surface area contributed by atoms with E-state index < -0.39 is 38.6 Å². The molecule has 0 saturated carbocycles. The molecule has 3 aromatic carbocycles. The van der Waals surface area contributed by atoms with Gasteiger partial charge in [0.25, 0.3) is 0 Å². The number of esters is 1. The summed E-state index contributed by atoms with van der Waals surface area (Å²) in [6, 6.07) is 22.2. The first kappa shape index (κ1) is 31.5. The van der Waals surface area contributed by atoms with Gasteiger partial charge in [0.15, 0.2) is 21.8 Å². The minimum absolute atomic E-state index is 0.0668. The molecule has 1 aliphatic rings. The Morgan fingerprint density at radius 1 is 1.04 bits per heavy atom. The maximum Gasteiger partial charge on any atom is 0.439 e. The number of anilines is 1. The van der Waals surface area contributed by atoms with E-state index in [2.05, 4.69) is 14.7 Å². The number of rotatable bonds is 13. The van der Waals surface area contributed by atoms with Gasteiger partial charge < -0.3 is 19.9 Å². The minimum Gasteiger partial charge on any atom is -0.490 e. The van der Waals surface area contributed by atoms with Crippen LogP contribution in [0.25, 0.3) is 11.4 Å². The SMILES string of the molecule is CCCS(=O)(=O)C(N)(Cc1ccc(OCC2CN(c3ccc(-c4noc(=O)[nH]4)cc3)C(=O)O2)cc1)C(=O)OCc1ccccc1. The molecule has 3 N–H and O–H groups in total. The highest BCUT2D eigenvalue weighted by Gasteiger charge is 2.48. The van der Waals surface area contributed by atoms with Crippen LogP contribution < -0.4 is 21.1 Å². The van der Waals surface area contributed by atoms with Crippen molar-refractivity contribution < 1.29 is 36.7 Å². The van der Waals surface area contributed by atoms with E-state index in [0.29, 0.717) is 34.5 Å². The van der Waals surface area contributed by atoms with E-state index in [1.54, 1.807) is 79.7 Å². The molecule has 45 heavy (non-hydrogen) atoms. The highest BCUT2D eigenvalue weighted by molar-refractivity contribution is 7.93. The lowest BCUT2D eigenvalue weighted by molar-refractivity contribution is -0.148. The molecular formula is C31H32N4O9S. The summed E-state index contributed by atoms with van der Waals surface area (Å²) in [5.41, 5.74) is 8.73. The lowest BCUT2D eigenvalue weighted by Gasteiger charge is -2.27. The van der Waals surface area contributed by atoms with Gasteiger partial charge in [-0.2, -0.15) is 0 Å². The van der Waals surface area contributed by atoms with Gasteiger partial charge in [-0.25, -0.2) is 22.8 Å². The molecule has 14 heteroatoms. The highest BCUT2D eigenvalue weighted by Crippen LogP contribution is 2.26. The molecule has 13 nitrogen and oxygen atoms in total. The van der Waals surface area contributed by atoms with Crippen molar-refractivity contribution in [1.29, 1.82) is 0 Å².